The van der Waals surface area contributed by atoms with Crippen LogP contribution in [0.15, 0.2) is 18.2 Å². The fraction of sp³-hybridized carbons (Fsp3) is 0.429. The third-order valence-corrected chi connectivity index (χ3v) is 4.02. The molecule has 1 unspecified atom stereocenters. The summed E-state index contributed by atoms with van der Waals surface area (Å²) >= 11 is 0. The van der Waals surface area contributed by atoms with Crippen LogP contribution in [0, 0.1) is 5.82 Å². The van der Waals surface area contributed by atoms with Crippen LogP contribution in [0.5, 0.6) is 0 Å². The summed E-state index contributed by atoms with van der Waals surface area (Å²) in [4.78, 5) is 26.7. The molecule has 1 aromatic rings. The molecule has 1 N–H and O–H groups in total. The van der Waals surface area contributed by atoms with Crippen molar-refractivity contribution in [3.05, 3.63) is 29.6 Å². The Kier molecular flexibility index (Phi) is 3.08. The van der Waals surface area contributed by atoms with Crippen LogP contribution in [0.1, 0.15) is 23.2 Å². The number of fused-ring (bicyclic) bond motifs is 1. The van der Waals surface area contributed by atoms with Gasteiger partial charge in [-0.3, -0.25) is 4.79 Å². The molecule has 2 fully saturated rings. The number of benzene rings is 1. The molecule has 0 saturated carbocycles. The predicted molar refractivity (Wildman–Crippen MR) is 70.3 cm³/mol. The Hall–Kier alpha value is -2.11. The average Bonchev–Trinajstić information content (AvgIpc) is 2.80. The Morgan fingerprint density at radius 3 is 2.90 bits per heavy atom. The second-order valence-electron chi connectivity index (χ2n) is 5.19. The van der Waals surface area contributed by atoms with E-state index in [1.807, 2.05) is 9.80 Å². The molecule has 0 aliphatic carbocycles. The maximum absolute atomic E-state index is 13.2. The highest BCUT2D eigenvalue weighted by Gasteiger charge is 2.36. The van der Waals surface area contributed by atoms with Gasteiger partial charge in [0.15, 0.2) is 0 Å². The number of anilines is 1. The number of hydrogen-bond donors (Lipinski definition) is 1. The van der Waals surface area contributed by atoms with Gasteiger partial charge in [-0.15, -0.1) is 0 Å². The molecule has 3 rings (SSSR count). The van der Waals surface area contributed by atoms with Crippen molar-refractivity contribution in [3.8, 4) is 0 Å². The maximum atomic E-state index is 13.2. The molecule has 2 aliphatic heterocycles. The van der Waals surface area contributed by atoms with E-state index in [2.05, 4.69) is 0 Å². The largest absolute Gasteiger partial charge is 0.478 e. The van der Waals surface area contributed by atoms with Crippen molar-refractivity contribution in [2.45, 2.75) is 18.9 Å². The van der Waals surface area contributed by atoms with Gasteiger partial charge < -0.3 is 14.9 Å². The van der Waals surface area contributed by atoms with Gasteiger partial charge in [0.05, 0.1) is 11.3 Å². The molecule has 0 aromatic heterocycles. The molecular weight excluding hydrogens is 263 g/mol. The number of rotatable bonds is 2. The summed E-state index contributed by atoms with van der Waals surface area (Å²) in [6.45, 7) is 1.78. The summed E-state index contributed by atoms with van der Waals surface area (Å²) in [5.74, 6) is -1.52. The summed E-state index contributed by atoms with van der Waals surface area (Å²) in [5.41, 5.74) is 0.501. The molecule has 1 aromatic carbocycles. The van der Waals surface area contributed by atoms with E-state index < -0.39 is 11.8 Å². The van der Waals surface area contributed by atoms with Gasteiger partial charge in [-0.05, 0) is 24.6 Å². The van der Waals surface area contributed by atoms with Crippen molar-refractivity contribution < 1.29 is 19.1 Å². The van der Waals surface area contributed by atoms with E-state index in [1.165, 1.54) is 12.1 Å². The first-order chi connectivity index (χ1) is 9.56. The van der Waals surface area contributed by atoms with Crippen LogP contribution in [-0.4, -0.2) is 47.6 Å². The summed E-state index contributed by atoms with van der Waals surface area (Å²) in [7, 11) is 0. The van der Waals surface area contributed by atoms with Crippen LogP contribution in [-0.2, 0) is 4.79 Å². The molecule has 1 atom stereocenters. The molecular formula is C14H15FN2O3. The Bertz CT molecular complexity index is 576. The van der Waals surface area contributed by atoms with Crippen molar-refractivity contribution >= 4 is 17.6 Å². The van der Waals surface area contributed by atoms with Crippen LogP contribution in [0.3, 0.4) is 0 Å². The van der Waals surface area contributed by atoms with Gasteiger partial charge >= 0.3 is 5.97 Å². The minimum absolute atomic E-state index is 0.0252. The van der Waals surface area contributed by atoms with Crippen molar-refractivity contribution in [1.29, 1.82) is 0 Å². The number of carbonyl (C=O) groups excluding carboxylic acids is 1. The first kappa shape index (κ1) is 12.9. The summed E-state index contributed by atoms with van der Waals surface area (Å²) in [6.07, 6.45) is 1.37. The van der Waals surface area contributed by atoms with Crippen LogP contribution in [0.25, 0.3) is 0 Å². The van der Waals surface area contributed by atoms with Crippen molar-refractivity contribution in [1.82, 2.24) is 4.90 Å². The second-order valence-corrected chi connectivity index (χ2v) is 5.19. The molecule has 2 heterocycles. The quantitative estimate of drug-likeness (QED) is 0.886. The summed E-state index contributed by atoms with van der Waals surface area (Å²) < 4.78 is 13.2. The molecule has 0 bridgehead atoms. The van der Waals surface area contributed by atoms with Crippen molar-refractivity contribution in [2.75, 3.05) is 24.5 Å². The zero-order chi connectivity index (χ0) is 14.3. The van der Waals surface area contributed by atoms with E-state index in [9.17, 15) is 19.1 Å². The first-order valence-electron chi connectivity index (χ1n) is 6.63. The van der Waals surface area contributed by atoms with Crippen LogP contribution < -0.4 is 4.90 Å². The molecule has 2 aliphatic rings. The van der Waals surface area contributed by atoms with Crippen LogP contribution in [0.4, 0.5) is 10.1 Å². The van der Waals surface area contributed by atoms with Gasteiger partial charge in [-0.1, -0.05) is 0 Å². The number of hydrogen-bond acceptors (Lipinski definition) is 3. The monoisotopic (exact) mass is 278 g/mol. The van der Waals surface area contributed by atoms with E-state index in [1.54, 1.807) is 0 Å². The molecule has 0 spiro atoms. The Balaban J connectivity index is 1.87. The van der Waals surface area contributed by atoms with E-state index in [0.717, 1.165) is 12.5 Å². The highest BCUT2D eigenvalue weighted by Crippen LogP contribution is 2.28. The van der Waals surface area contributed by atoms with Crippen molar-refractivity contribution in [2.24, 2.45) is 0 Å². The van der Waals surface area contributed by atoms with E-state index >= 15 is 0 Å². The number of carbonyl (C=O) groups is 2. The third-order valence-electron chi connectivity index (χ3n) is 4.02. The molecule has 2 saturated heterocycles. The second kappa shape index (κ2) is 4.77. The molecule has 5 nitrogen and oxygen atoms in total. The molecule has 6 heteroatoms. The standard InChI is InChI=1S/C14H15FN2O3/c15-9-1-3-12(11(7-9)14(19)20)16-5-6-17-10(8-16)2-4-13(17)18/h1,3,7,10H,2,4-6,8H2,(H,19,20). The van der Waals surface area contributed by atoms with Gasteiger partial charge in [0, 0.05) is 32.1 Å². The lowest BCUT2D eigenvalue weighted by atomic mass is 10.1. The van der Waals surface area contributed by atoms with Crippen molar-refractivity contribution in [3.63, 3.8) is 0 Å². The minimum atomic E-state index is -1.13. The SMILES string of the molecule is O=C(O)c1cc(F)ccc1N1CCN2C(=O)CCC2C1. The van der Waals surface area contributed by atoms with Gasteiger partial charge in [0.2, 0.25) is 5.91 Å². The number of piperazine rings is 1. The topological polar surface area (TPSA) is 60.9 Å². The molecule has 0 radical (unpaired) electrons. The fourth-order valence-electron chi connectivity index (χ4n) is 3.04. The normalized spacial score (nSPS) is 22.1. The van der Waals surface area contributed by atoms with E-state index in [0.29, 0.717) is 31.7 Å². The van der Waals surface area contributed by atoms with Gasteiger partial charge in [0.25, 0.3) is 0 Å². The zero-order valence-electron chi connectivity index (χ0n) is 10.9. The lowest BCUT2D eigenvalue weighted by molar-refractivity contribution is -0.129. The van der Waals surface area contributed by atoms with E-state index in [4.69, 9.17) is 0 Å². The number of carboxylic acids is 1. The van der Waals surface area contributed by atoms with Crippen LogP contribution >= 0.6 is 0 Å². The molecule has 20 heavy (non-hydrogen) atoms. The van der Waals surface area contributed by atoms with Gasteiger partial charge in [-0.25, -0.2) is 9.18 Å². The Labute approximate surface area is 115 Å². The average molecular weight is 278 g/mol. The van der Waals surface area contributed by atoms with E-state index in [-0.39, 0.29) is 17.5 Å². The van der Waals surface area contributed by atoms with Gasteiger partial charge in [0.1, 0.15) is 5.82 Å². The first-order valence-corrected chi connectivity index (χ1v) is 6.63. The zero-order valence-corrected chi connectivity index (χ0v) is 10.9. The number of carboxylic acid groups (broad SMARTS) is 1. The summed E-state index contributed by atoms with van der Waals surface area (Å²) in [6, 6.07) is 3.96. The lowest BCUT2D eigenvalue weighted by Gasteiger charge is -2.39. The fourth-order valence-corrected chi connectivity index (χ4v) is 3.04. The predicted octanol–water partition coefficient (Wildman–Crippen LogP) is 1.33. The molecule has 1 amide bonds. The third kappa shape index (κ3) is 2.11. The highest BCUT2D eigenvalue weighted by molar-refractivity contribution is 5.94. The number of amides is 1. The molecule has 106 valence electrons. The van der Waals surface area contributed by atoms with Crippen LogP contribution in [0.2, 0.25) is 0 Å². The number of aromatic carboxylic acids is 1. The maximum Gasteiger partial charge on any atom is 0.337 e. The van der Waals surface area contributed by atoms with Gasteiger partial charge in [-0.2, -0.15) is 0 Å². The highest BCUT2D eigenvalue weighted by atomic mass is 19.1. The minimum Gasteiger partial charge on any atom is -0.478 e. The number of halogens is 1. The lowest BCUT2D eigenvalue weighted by Crippen LogP contribution is -2.51. The Morgan fingerprint density at radius 1 is 1.35 bits per heavy atom. The number of nitrogens with zero attached hydrogens (tertiary/aromatic N) is 2. The summed E-state index contributed by atoms with van der Waals surface area (Å²) in [5, 5.41) is 9.19. The Morgan fingerprint density at radius 2 is 2.15 bits per heavy atom. The smallest absolute Gasteiger partial charge is 0.337 e.